The number of aliphatic hydroxyl groups is 1. The molecule has 1 N–H and O–H groups in total. The van der Waals surface area contributed by atoms with Crippen LogP contribution in [0.3, 0.4) is 0 Å². The highest BCUT2D eigenvalue weighted by molar-refractivity contribution is 4.78. The Hall–Kier alpha value is -0.0800. The second-order valence-corrected chi connectivity index (χ2v) is 5.65. The lowest BCUT2D eigenvalue weighted by atomic mass is 9.77. The Labute approximate surface area is 95.0 Å². The third kappa shape index (κ3) is 4.98. The first-order valence-corrected chi connectivity index (χ1v) is 6.04. The lowest BCUT2D eigenvalue weighted by molar-refractivity contribution is -0.0686. The Morgan fingerprint density at radius 3 is 1.93 bits per heavy atom. The Kier molecular flexibility index (Phi) is 5.82. The van der Waals surface area contributed by atoms with Crippen molar-refractivity contribution in [2.24, 2.45) is 11.3 Å². The standard InChI is InChI=1S/C13H28O2/c1-7-12(3,4)11(9-14)10-15-13(5,6)8-2/h11,14H,7-10H2,1-6H3. The van der Waals surface area contributed by atoms with Gasteiger partial charge in [0.25, 0.3) is 0 Å². The van der Waals surface area contributed by atoms with E-state index in [9.17, 15) is 5.11 Å². The van der Waals surface area contributed by atoms with Crippen molar-refractivity contribution >= 4 is 0 Å². The predicted molar refractivity (Wildman–Crippen MR) is 65.0 cm³/mol. The third-order valence-corrected chi connectivity index (χ3v) is 3.76. The van der Waals surface area contributed by atoms with Gasteiger partial charge in [0.15, 0.2) is 0 Å². The Balaban J connectivity index is 4.24. The van der Waals surface area contributed by atoms with Crippen LogP contribution < -0.4 is 0 Å². The van der Waals surface area contributed by atoms with Gasteiger partial charge in [-0.1, -0.05) is 34.1 Å². The van der Waals surface area contributed by atoms with Crippen molar-refractivity contribution in [3.8, 4) is 0 Å². The van der Waals surface area contributed by atoms with Gasteiger partial charge in [0.1, 0.15) is 0 Å². The van der Waals surface area contributed by atoms with Crippen molar-refractivity contribution < 1.29 is 9.84 Å². The highest BCUT2D eigenvalue weighted by Crippen LogP contribution is 2.31. The van der Waals surface area contributed by atoms with Crippen molar-refractivity contribution in [2.45, 2.75) is 60.0 Å². The van der Waals surface area contributed by atoms with E-state index in [-0.39, 0.29) is 23.5 Å². The predicted octanol–water partition coefficient (Wildman–Crippen LogP) is 3.24. The molecule has 2 heteroatoms. The van der Waals surface area contributed by atoms with Crippen LogP contribution in [0, 0.1) is 11.3 Å². The van der Waals surface area contributed by atoms with Crippen LogP contribution >= 0.6 is 0 Å². The quantitative estimate of drug-likeness (QED) is 0.708. The summed E-state index contributed by atoms with van der Waals surface area (Å²) < 4.78 is 5.86. The first-order valence-electron chi connectivity index (χ1n) is 6.04. The van der Waals surface area contributed by atoms with Gasteiger partial charge in [0.2, 0.25) is 0 Å². The molecule has 0 heterocycles. The van der Waals surface area contributed by atoms with Gasteiger partial charge in [-0.25, -0.2) is 0 Å². The highest BCUT2D eigenvalue weighted by Gasteiger charge is 2.29. The molecule has 0 amide bonds. The smallest absolute Gasteiger partial charge is 0.0624 e. The summed E-state index contributed by atoms with van der Waals surface area (Å²) in [6, 6.07) is 0. The van der Waals surface area contributed by atoms with Crippen molar-refractivity contribution in [1.82, 2.24) is 0 Å². The van der Waals surface area contributed by atoms with E-state index in [1.54, 1.807) is 0 Å². The fourth-order valence-electron chi connectivity index (χ4n) is 1.24. The van der Waals surface area contributed by atoms with Gasteiger partial charge >= 0.3 is 0 Å². The van der Waals surface area contributed by atoms with Gasteiger partial charge in [0.05, 0.1) is 12.2 Å². The summed E-state index contributed by atoms with van der Waals surface area (Å²) in [5.74, 6) is 0.230. The topological polar surface area (TPSA) is 29.5 Å². The van der Waals surface area contributed by atoms with Crippen LogP contribution in [0.1, 0.15) is 54.4 Å². The lowest BCUT2D eigenvalue weighted by Crippen LogP contribution is -2.34. The van der Waals surface area contributed by atoms with Crippen LogP contribution in [-0.4, -0.2) is 23.9 Å². The van der Waals surface area contributed by atoms with Crippen LogP contribution in [-0.2, 0) is 4.74 Å². The number of rotatable bonds is 7. The van der Waals surface area contributed by atoms with Crippen LogP contribution in [0.2, 0.25) is 0 Å². The Morgan fingerprint density at radius 2 is 1.60 bits per heavy atom. The van der Waals surface area contributed by atoms with Gasteiger partial charge in [-0.2, -0.15) is 0 Å². The summed E-state index contributed by atoms with van der Waals surface area (Å²) in [5.41, 5.74) is 0.0792. The van der Waals surface area contributed by atoms with E-state index in [0.717, 1.165) is 12.8 Å². The molecule has 0 fully saturated rings. The van der Waals surface area contributed by atoms with Gasteiger partial charge in [-0.05, 0) is 25.7 Å². The minimum absolute atomic E-state index is 0.0722. The van der Waals surface area contributed by atoms with Crippen molar-refractivity contribution in [3.63, 3.8) is 0 Å². The van der Waals surface area contributed by atoms with E-state index >= 15 is 0 Å². The van der Waals surface area contributed by atoms with Crippen LogP contribution in [0.4, 0.5) is 0 Å². The zero-order chi connectivity index (χ0) is 12.1. The molecule has 2 nitrogen and oxygen atoms in total. The van der Waals surface area contributed by atoms with Gasteiger partial charge < -0.3 is 9.84 Å². The Bertz CT molecular complexity index is 173. The molecular weight excluding hydrogens is 188 g/mol. The highest BCUT2D eigenvalue weighted by atomic mass is 16.5. The monoisotopic (exact) mass is 216 g/mol. The van der Waals surface area contributed by atoms with E-state index in [1.165, 1.54) is 0 Å². The summed E-state index contributed by atoms with van der Waals surface area (Å²) in [7, 11) is 0. The molecular formula is C13H28O2. The summed E-state index contributed by atoms with van der Waals surface area (Å²) in [4.78, 5) is 0. The lowest BCUT2D eigenvalue weighted by Gasteiger charge is -2.35. The van der Waals surface area contributed by atoms with E-state index in [0.29, 0.717) is 6.61 Å². The first kappa shape index (κ1) is 14.9. The first-order chi connectivity index (χ1) is 6.79. The van der Waals surface area contributed by atoms with Crippen molar-refractivity contribution in [2.75, 3.05) is 13.2 Å². The van der Waals surface area contributed by atoms with Crippen molar-refractivity contribution in [1.29, 1.82) is 0 Å². The average Bonchev–Trinajstić information content (AvgIpc) is 2.18. The van der Waals surface area contributed by atoms with Crippen LogP contribution in [0.25, 0.3) is 0 Å². The van der Waals surface area contributed by atoms with Gasteiger partial charge in [-0.3, -0.25) is 0 Å². The molecule has 0 aliphatic heterocycles. The Morgan fingerprint density at radius 1 is 1.07 bits per heavy atom. The van der Waals surface area contributed by atoms with E-state index < -0.39 is 0 Å². The molecule has 0 aromatic carbocycles. The normalized spacial score (nSPS) is 15.4. The fourth-order valence-corrected chi connectivity index (χ4v) is 1.24. The molecule has 0 aromatic rings. The molecule has 1 atom stereocenters. The maximum Gasteiger partial charge on any atom is 0.0624 e. The minimum atomic E-state index is -0.0722. The average molecular weight is 216 g/mol. The molecule has 0 rings (SSSR count). The number of hydrogen-bond acceptors (Lipinski definition) is 2. The molecule has 0 aliphatic carbocycles. The third-order valence-electron chi connectivity index (χ3n) is 3.76. The molecule has 0 spiro atoms. The summed E-state index contributed by atoms with van der Waals surface area (Å²) in [6.07, 6.45) is 2.06. The number of ether oxygens (including phenoxy) is 1. The molecule has 0 saturated heterocycles. The molecule has 0 saturated carbocycles. The molecule has 15 heavy (non-hydrogen) atoms. The van der Waals surface area contributed by atoms with Crippen molar-refractivity contribution in [3.05, 3.63) is 0 Å². The van der Waals surface area contributed by atoms with E-state index in [4.69, 9.17) is 4.74 Å². The molecule has 92 valence electrons. The SMILES string of the molecule is CCC(C)(C)OCC(CO)C(C)(C)CC. The van der Waals surface area contributed by atoms with E-state index in [2.05, 4.69) is 41.5 Å². The molecule has 1 unspecified atom stereocenters. The molecule has 0 radical (unpaired) electrons. The second kappa shape index (κ2) is 5.86. The van der Waals surface area contributed by atoms with Gasteiger partial charge in [0, 0.05) is 12.5 Å². The van der Waals surface area contributed by atoms with Crippen LogP contribution in [0.15, 0.2) is 0 Å². The number of aliphatic hydroxyl groups excluding tert-OH is 1. The maximum absolute atomic E-state index is 9.38. The second-order valence-electron chi connectivity index (χ2n) is 5.65. The summed E-state index contributed by atoms with van der Waals surface area (Å²) in [5, 5.41) is 9.38. The molecule has 0 aliphatic rings. The number of hydrogen-bond donors (Lipinski definition) is 1. The summed E-state index contributed by atoms with van der Waals surface area (Å²) >= 11 is 0. The molecule has 0 bridgehead atoms. The molecule has 0 aromatic heterocycles. The largest absolute Gasteiger partial charge is 0.396 e. The summed E-state index contributed by atoms with van der Waals surface area (Å²) in [6.45, 7) is 13.7. The van der Waals surface area contributed by atoms with Gasteiger partial charge in [-0.15, -0.1) is 0 Å². The zero-order valence-corrected chi connectivity index (χ0v) is 11.3. The van der Waals surface area contributed by atoms with E-state index in [1.807, 2.05) is 0 Å². The zero-order valence-electron chi connectivity index (χ0n) is 11.3. The maximum atomic E-state index is 9.38. The fraction of sp³-hybridized carbons (Fsp3) is 1.00. The van der Waals surface area contributed by atoms with Crippen LogP contribution in [0.5, 0.6) is 0 Å². The minimum Gasteiger partial charge on any atom is -0.396 e.